The molecule has 0 atom stereocenters. The zero-order chi connectivity index (χ0) is 17.9. The Morgan fingerprint density at radius 3 is 2.67 bits per heavy atom. The molecule has 2 aromatic heterocycles. The highest BCUT2D eigenvalue weighted by molar-refractivity contribution is 6.32. The number of carbonyl (C=O) groups is 2. The molecular weight excluding hydrogens is 336 g/mol. The highest BCUT2D eigenvalue weighted by atomic mass is 35.5. The number of carboxylic acids is 1. The molecule has 0 unspecified atom stereocenters. The molecule has 0 spiro atoms. The molecule has 0 aliphatic carbocycles. The van der Waals surface area contributed by atoms with E-state index in [-0.39, 0.29) is 28.9 Å². The fraction of sp³-hybridized carbons (Fsp3) is 0.312. The third kappa shape index (κ3) is 3.86. The van der Waals surface area contributed by atoms with Gasteiger partial charge in [-0.3, -0.25) is 4.79 Å². The Morgan fingerprint density at radius 1 is 1.42 bits per heavy atom. The van der Waals surface area contributed by atoms with Crippen molar-refractivity contribution in [1.82, 2.24) is 9.88 Å². The van der Waals surface area contributed by atoms with Crippen LogP contribution in [-0.4, -0.2) is 40.5 Å². The number of hydrogen-bond donors (Lipinski definition) is 1. The Hall–Kier alpha value is -2.54. The first kappa shape index (κ1) is 17.8. The van der Waals surface area contributed by atoms with E-state index in [9.17, 15) is 9.59 Å². The van der Waals surface area contributed by atoms with Gasteiger partial charge in [0.05, 0.1) is 18.7 Å². The standard InChI is InChI=1S/C16H17ClN2O5/c1-4-23-14-13(17)5-10(7-18-14)15(20)19(3)8-11-6-12(16(21)22)9(2)24-11/h5-7H,4,8H2,1-3H3,(H,21,22). The van der Waals surface area contributed by atoms with Crippen LogP contribution in [-0.2, 0) is 6.54 Å². The molecule has 24 heavy (non-hydrogen) atoms. The number of amides is 1. The number of furan rings is 1. The van der Waals surface area contributed by atoms with Crippen LogP contribution in [0.3, 0.4) is 0 Å². The average molecular weight is 353 g/mol. The van der Waals surface area contributed by atoms with E-state index >= 15 is 0 Å². The Kier molecular flexibility index (Phi) is 5.46. The van der Waals surface area contributed by atoms with E-state index in [1.54, 1.807) is 14.0 Å². The maximum Gasteiger partial charge on any atom is 0.339 e. The lowest BCUT2D eigenvalue weighted by Crippen LogP contribution is -2.26. The molecule has 2 rings (SSSR count). The van der Waals surface area contributed by atoms with Gasteiger partial charge >= 0.3 is 5.97 Å². The van der Waals surface area contributed by atoms with Gasteiger partial charge in [0.15, 0.2) is 0 Å². The number of aryl methyl sites for hydroxylation is 1. The summed E-state index contributed by atoms with van der Waals surface area (Å²) in [6, 6.07) is 2.89. The van der Waals surface area contributed by atoms with Crippen molar-refractivity contribution in [3.63, 3.8) is 0 Å². The lowest BCUT2D eigenvalue weighted by Gasteiger charge is -2.16. The Bertz CT molecular complexity index is 772. The molecule has 128 valence electrons. The van der Waals surface area contributed by atoms with Crippen LogP contribution in [0, 0.1) is 6.92 Å². The first-order valence-electron chi connectivity index (χ1n) is 7.19. The van der Waals surface area contributed by atoms with E-state index < -0.39 is 5.97 Å². The number of ether oxygens (including phenoxy) is 1. The second-order valence-electron chi connectivity index (χ2n) is 5.09. The summed E-state index contributed by atoms with van der Waals surface area (Å²) in [4.78, 5) is 28.9. The van der Waals surface area contributed by atoms with E-state index in [1.807, 2.05) is 6.92 Å². The van der Waals surface area contributed by atoms with Crippen LogP contribution >= 0.6 is 11.6 Å². The lowest BCUT2D eigenvalue weighted by atomic mass is 10.2. The van der Waals surface area contributed by atoms with Gasteiger partial charge in [-0.2, -0.15) is 0 Å². The van der Waals surface area contributed by atoms with Gasteiger partial charge in [-0.25, -0.2) is 9.78 Å². The molecule has 0 aliphatic rings. The fourth-order valence-electron chi connectivity index (χ4n) is 2.15. The Balaban J connectivity index is 2.13. The van der Waals surface area contributed by atoms with Crippen LogP contribution in [0.5, 0.6) is 5.88 Å². The van der Waals surface area contributed by atoms with Crippen LogP contribution in [0.1, 0.15) is 39.2 Å². The van der Waals surface area contributed by atoms with Crippen molar-refractivity contribution in [2.24, 2.45) is 0 Å². The minimum absolute atomic E-state index is 0.0802. The van der Waals surface area contributed by atoms with Crippen LogP contribution < -0.4 is 4.74 Å². The summed E-state index contributed by atoms with van der Waals surface area (Å²) in [6.07, 6.45) is 1.38. The highest BCUT2D eigenvalue weighted by Crippen LogP contribution is 2.23. The topological polar surface area (TPSA) is 92.9 Å². The predicted molar refractivity (Wildman–Crippen MR) is 86.6 cm³/mol. The van der Waals surface area contributed by atoms with Crippen molar-refractivity contribution in [2.75, 3.05) is 13.7 Å². The number of rotatable bonds is 6. The van der Waals surface area contributed by atoms with Gasteiger partial charge < -0.3 is 19.2 Å². The van der Waals surface area contributed by atoms with E-state index in [0.29, 0.717) is 23.7 Å². The molecule has 0 radical (unpaired) electrons. The lowest BCUT2D eigenvalue weighted by molar-refractivity contribution is 0.0694. The SMILES string of the molecule is CCOc1ncc(C(=O)N(C)Cc2cc(C(=O)O)c(C)o2)cc1Cl. The zero-order valence-corrected chi connectivity index (χ0v) is 14.3. The molecule has 0 bridgehead atoms. The Morgan fingerprint density at radius 2 is 2.12 bits per heavy atom. The summed E-state index contributed by atoms with van der Waals surface area (Å²) in [5.41, 5.74) is 0.379. The largest absolute Gasteiger partial charge is 0.478 e. The number of aromatic nitrogens is 1. The number of pyridine rings is 1. The molecule has 0 aliphatic heterocycles. The van der Waals surface area contributed by atoms with Crippen LogP contribution in [0.25, 0.3) is 0 Å². The van der Waals surface area contributed by atoms with Gasteiger partial charge in [0.2, 0.25) is 5.88 Å². The molecule has 2 aromatic rings. The third-order valence-electron chi connectivity index (χ3n) is 3.27. The van der Waals surface area contributed by atoms with Crippen molar-refractivity contribution in [3.05, 3.63) is 46.0 Å². The maximum absolute atomic E-state index is 12.4. The second-order valence-corrected chi connectivity index (χ2v) is 5.50. The predicted octanol–water partition coefficient (Wildman–Crippen LogP) is 3.01. The van der Waals surface area contributed by atoms with Gasteiger partial charge in [0, 0.05) is 13.2 Å². The molecule has 1 amide bonds. The van der Waals surface area contributed by atoms with Crippen LogP contribution in [0.4, 0.5) is 0 Å². The summed E-state index contributed by atoms with van der Waals surface area (Å²) < 4.78 is 10.6. The van der Waals surface area contributed by atoms with Gasteiger partial charge in [0.25, 0.3) is 5.91 Å². The van der Waals surface area contributed by atoms with Crippen molar-refractivity contribution in [2.45, 2.75) is 20.4 Å². The second kappa shape index (κ2) is 7.35. The molecule has 0 saturated heterocycles. The number of halogens is 1. The molecule has 8 heteroatoms. The van der Waals surface area contributed by atoms with Crippen molar-refractivity contribution >= 4 is 23.5 Å². The molecular formula is C16H17ClN2O5. The number of hydrogen-bond acceptors (Lipinski definition) is 5. The molecule has 0 fully saturated rings. The number of nitrogens with zero attached hydrogens (tertiary/aromatic N) is 2. The normalized spacial score (nSPS) is 10.5. The third-order valence-corrected chi connectivity index (χ3v) is 3.55. The Labute approximate surface area is 143 Å². The maximum atomic E-state index is 12.4. The highest BCUT2D eigenvalue weighted by Gasteiger charge is 2.19. The summed E-state index contributed by atoms with van der Waals surface area (Å²) in [5.74, 6) is -0.446. The summed E-state index contributed by atoms with van der Waals surface area (Å²) in [6.45, 7) is 3.91. The van der Waals surface area contributed by atoms with Crippen LogP contribution in [0.2, 0.25) is 5.02 Å². The zero-order valence-electron chi connectivity index (χ0n) is 13.5. The van der Waals surface area contributed by atoms with E-state index in [4.69, 9.17) is 25.9 Å². The molecule has 0 aromatic carbocycles. The van der Waals surface area contributed by atoms with Gasteiger partial charge in [-0.1, -0.05) is 11.6 Å². The summed E-state index contributed by atoms with van der Waals surface area (Å²) in [7, 11) is 1.57. The summed E-state index contributed by atoms with van der Waals surface area (Å²) >= 11 is 6.03. The van der Waals surface area contributed by atoms with Crippen LogP contribution in [0.15, 0.2) is 22.7 Å². The minimum Gasteiger partial charge on any atom is -0.478 e. The van der Waals surface area contributed by atoms with E-state index in [1.165, 1.54) is 23.2 Å². The van der Waals surface area contributed by atoms with Crippen molar-refractivity contribution < 1.29 is 23.8 Å². The first-order valence-corrected chi connectivity index (χ1v) is 7.57. The average Bonchev–Trinajstić information content (AvgIpc) is 2.89. The first-order chi connectivity index (χ1) is 11.3. The molecule has 1 N–H and O–H groups in total. The minimum atomic E-state index is -1.07. The van der Waals surface area contributed by atoms with E-state index in [2.05, 4.69) is 4.98 Å². The molecule has 0 saturated carbocycles. The number of aromatic carboxylic acids is 1. The number of carbonyl (C=O) groups excluding carboxylic acids is 1. The molecule has 2 heterocycles. The molecule has 7 nitrogen and oxygen atoms in total. The summed E-state index contributed by atoms with van der Waals surface area (Å²) in [5, 5.41) is 9.27. The quantitative estimate of drug-likeness (QED) is 0.859. The monoisotopic (exact) mass is 352 g/mol. The van der Waals surface area contributed by atoms with Gasteiger partial charge in [-0.05, 0) is 26.0 Å². The van der Waals surface area contributed by atoms with E-state index in [0.717, 1.165) is 0 Å². The smallest absolute Gasteiger partial charge is 0.339 e. The fourth-order valence-corrected chi connectivity index (χ4v) is 2.37. The van der Waals surface area contributed by atoms with Crippen molar-refractivity contribution in [3.8, 4) is 5.88 Å². The van der Waals surface area contributed by atoms with Gasteiger partial charge in [-0.15, -0.1) is 0 Å². The van der Waals surface area contributed by atoms with Gasteiger partial charge in [0.1, 0.15) is 22.1 Å². The number of carboxylic acid groups (broad SMARTS) is 1. The van der Waals surface area contributed by atoms with Crippen molar-refractivity contribution in [1.29, 1.82) is 0 Å².